The molecule has 0 aliphatic carbocycles. The number of imidazole rings is 1. The van der Waals surface area contributed by atoms with Crippen LogP contribution in [0.15, 0.2) is 12.5 Å². The summed E-state index contributed by atoms with van der Waals surface area (Å²) in [7, 11) is 0. The van der Waals surface area contributed by atoms with Gasteiger partial charge in [-0.3, -0.25) is 14.4 Å². The topological polar surface area (TPSA) is 179 Å². The van der Waals surface area contributed by atoms with Crippen LogP contribution in [0.3, 0.4) is 0 Å². The molecule has 0 fully saturated rings. The molecular formula is C15H24N6O5S3. The lowest BCUT2D eigenvalue weighted by molar-refractivity contribution is -0.141. The number of carbonyl (C=O) groups is 4. The summed E-state index contributed by atoms with van der Waals surface area (Å²) in [4.78, 5) is 54.9. The predicted octanol–water partition coefficient (Wildman–Crippen LogP) is -2.39. The molecular weight excluding hydrogens is 440 g/mol. The molecule has 1 aromatic rings. The summed E-state index contributed by atoms with van der Waals surface area (Å²) < 4.78 is 0. The van der Waals surface area contributed by atoms with Crippen LogP contribution in [0.4, 0.5) is 0 Å². The minimum atomic E-state index is -1.26. The Bertz CT molecular complexity index is 705. The van der Waals surface area contributed by atoms with Crippen molar-refractivity contribution in [3.63, 3.8) is 0 Å². The molecule has 1 aromatic heterocycles. The van der Waals surface area contributed by atoms with Gasteiger partial charge in [0.1, 0.15) is 18.1 Å². The zero-order valence-corrected chi connectivity index (χ0v) is 17.9. The summed E-state index contributed by atoms with van der Waals surface area (Å²) in [6, 6.07) is -4.35. The van der Waals surface area contributed by atoms with Gasteiger partial charge in [0.25, 0.3) is 0 Å². The highest BCUT2D eigenvalue weighted by molar-refractivity contribution is 7.80. The first kappa shape index (κ1) is 25.1. The minimum Gasteiger partial charge on any atom is -0.480 e. The molecule has 0 radical (unpaired) electrons. The Hall–Kier alpha value is -1.90. The van der Waals surface area contributed by atoms with E-state index in [1.165, 1.54) is 12.5 Å². The highest BCUT2D eigenvalue weighted by Gasteiger charge is 2.29. The lowest BCUT2D eigenvalue weighted by Gasteiger charge is -2.24. The van der Waals surface area contributed by atoms with E-state index in [4.69, 9.17) is 10.8 Å². The van der Waals surface area contributed by atoms with Crippen LogP contribution >= 0.6 is 37.9 Å². The second kappa shape index (κ2) is 12.6. The van der Waals surface area contributed by atoms with Crippen LogP contribution in [0, 0.1) is 0 Å². The number of carboxylic acids is 1. The molecule has 3 amide bonds. The number of rotatable bonds is 12. The van der Waals surface area contributed by atoms with Crippen molar-refractivity contribution < 1.29 is 24.3 Å². The smallest absolute Gasteiger partial charge is 0.327 e. The second-order valence-corrected chi connectivity index (χ2v) is 7.05. The van der Waals surface area contributed by atoms with Crippen molar-refractivity contribution in [1.82, 2.24) is 25.9 Å². The molecule has 1 heterocycles. The number of amides is 3. The third-order valence-corrected chi connectivity index (χ3v) is 4.88. The van der Waals surface area contributed by atoms with Gasteiger partial charge in [-0.15, -0.1) is 0 Å². The number of aromatic nitrogens is 2. The highest BCUT2D eigenvalue weighted by atomic mass is 32.1. The van der Waals surface area contributed by atoms with E-state index in [0.29, 0.717) is 5.69 Å². The molecule has 29 heavy (non-hydrogen) atoms. The molecule has 0 unspecified atom stereocenters. The molecule has 7 N–H and O–H groups in total. The Morgan fingerprint density at radius 3 is 2.00 bits per heavy atom. The number of nitrogens with two attached hydrogens (primary N) is 1. The zero-order chi connectivity index (χ0) is 22.0. The molecule has 162 valence electrons. The normalized spacial score (nSPS) is 14.9. The van der Waals surface area contributed by atoms with Gasteiger partial charge in [-0.1, -0.05) is 0 Å². The van der Waals surface area contributed by atoms with Crippen LogP contribution in [0.2, 0.25) is 0 Å². The molecule has 0 aliphatic heterocycles. The van der Waals surface area contributed by atoms with E-state index in [2.05, 4.69) is 63.8 Å². The number of carbonyl (C=O) groups excluding carboxylic acids is 3. The molecule has 0 aliphatic rings. The average molecular weight is 465 g/mol. The van der Waals surface area contributed by atoms with Gasteiger partial charge in [0.2, 0.25) is 17.7 Å². The fourth-order valence-electron chi connectivity index (χ4n) is 2.11. The third-order valence-electron chi connectivity index (χ3n) is 3.76. The Morgan fingerprint density at radius 1 is 0.966 bits per heavy atom. The number of H-pyrrole nitrogens is 1. The van der Waals surface area contributed by atoms with Gasteiger partial charge in [-0.05, 0) is 0 Å². The van der Waals surface area contributed by atoms with E-state index in [1.54, 1.807) is 0 Å². The second-order valence-electron chi connectivity index (χ2n) is 5.96. The van der Waals surface area contributed by atoms with Crippen LogP contribution < -0.4 is 21.7 Å². The Balaban J connectivity index is 2.91. The first-order valence-electron chi connectivity index (χ1n) is 8.42. The first-order chi connectivity index (χ1) is 13.7. The Labute approximate surface area is 183 Å². The monoisotopic (exact) mass is 464 g/mol. The van der Waals surface area contributed by atoms with Crippen LogP contribution in [-0.4, -0.2) is 80.2 Å². The molecule has 4 atom stereocenters. The number of nitrogens with zero attached hydrogens (tertiary/aromatic N) is 1. The minimum absolute atomic E-state index is 0.0138. The number of thiol groups is 3. The van der Waals surface area contributed by atoms with E-state index in [0.717, 1.165) is 0 Å². The van der Waals surface area contributed by atoms with Crippen molar-refractivity contribution in [3.05, 3.63) is 18.2 Å². The van der Waals surface area contributed by atoms with Crippen LogP contribution in [0.5, 0.6) is 0 Å². The number of carboxylic acid groups (broad SMARTS) is 1. The number of hydrogen-bond donors (Lipinski definition) is 9. The van der Waals surface area contributed by atoms with E-state index in [1.807, 2.05) is 0 Å². The summed E-state index contributed by atoms with van der Waals surface area (Å²) >= 11 is 11.9. The molecule has 0 aromatic carbocycles. The van der Waals surface area contributed by atoms with Crippen LogP contribution in [0.1, 0.15) is 5.69 Å². The van der Waals surface area contributed by atoms with Gasteiger partial charge in [0.15, 0.2) is 0 Å². The number of aliphatic carboxylic acids is 1. The number of aromatic amines is 1. The fourth-order valence-corrected chi connectivity index (χ4v) is 2.78. The van der Waals surface area contributed by atoms with Crippen molar-refractivity contribution in [1.29, 1.82) is 0 Å². The average Bonchev–Trinajstić information content (AvgIpc) is 3.21. The molecule has 0 saturated heterocycles. The van der Waals surface area contributed by atoms with Crippen molar-refractivity contribution in [2.24, 2.45) is 5.73 Å². The van der Waals surface area contributed by atoms with Crippen LogP contribution in [0.25, 0.3) is 0 Å². The number of hydrogen-bond acceptors (Lipinski definition) is 9. The van der Waals surface area contributed by atoms with Gasteiger partial charge in [-0.25, -0.2) is 9.78 Å². The quantitative estimate of drug-likeness (QED) is 0.155. The van der Waals surface area contributed by atoms with Crippen molar-refractivity contribution >= 4 is 61.6 Å². The standard InChI is InChI=1S/C15H24N6O5S3/c16-8(3-27)12(22)20-10(4-28)14(24)19-9(1-7-2-17-6-18-7)13(23)21-11(5-29)15(25)26/h2,6,8-11,27-29H,1,3-5,16H2,(H,17,18)(H,19,24)(H,20,22)(H,21,23)(H,25,26)/t8-,9-,10-,11-/m0/s1. The lowest BCUT2D eigenvalue weighted by Crippen LogP contribution is -2.58. The lowest BCUT2D eigenvalue weighted by atomic mass is 10.1. The van der Waals surface area contributed by atoms with Gasteiger partial charge >= 0.3 is 5.97 Å². The maximum atomic E-state index is 12.6. The Morgan fingerprint density at radius 2 is 1.52 bits per heavy atom. The molecule has 0 saturated carbocycles. The van der Waals surface area contributed by atoms with Gasteiger partial charge in [0.05, 0.1) is 12.4 Å². The maximum absolute atomic E-state index is 12.6. The molecule has 0 bridgehead atoms. The predicted molar refractivity (Wildman–Crippen MR) is 115 cm³/mol. The van der Waals surface area contributed by atoms with E-state index < -0.39 is 47.9 Å². The van der Waals surface area contributed by atoms with Gasteiger partial charge < -0.3 is 31.8 Å². The largest absolute Gasteiger partial charge is 0.480 e. The van der Waals surface area contributed by atoms with Crippen molar-refractivity contribution in [2.45, 2.75) is 30.6 Å². The summed E-state index contributed by atoms with van der Waals surface area (Å²) in [5.74, 6) is -3.38. The van der Waals surface area contributed by atoms with E-state index >= 15 is 0 Å². The summed E-state index contributed by atoms with van der Waals surface area (Å²) in [5.41, 5.74) is 6.11. The van der Waals surface area contributed by atoms with E-state index in [-0.39, 0.29) is 23.7 Å². The number of nitrogens with one attached hydrogen (secondary N) is 4. The molecule has 0 spiro atoms. The van der Waals surface area contributed by atoms with Crippen molar-refractivity contribution in [3.8, 4) is 0 Å². The fraction of sp³-hybridized carbons (Fsp3) is 0.533. The first-order valence-corrected chi connectivity index (χ1v) is 10.3. The summed E-state index contributed by atoms with van der Waals surface area (Å²) in [5, 5.41) is 16.3. The molecule has 14 heteroatoms. The third kappa shape index (κ3) is 8.16. The Kier molecular flexibility index (Phi) is 10.9. The molecule has 11 nitrogen and oxygen atoms in total. The highest BCUT2D eigenvalue weighted by Crippen LogP contribution is 2.02. The van der Waals surface area contributed by atoms with E-state index in [9.17, 15) is 19.2 Å². The van der Waals surface area contributed by atoms with Crippen LogP contribution in [-0.2, 0) is 25.6 Å². The zero-order valence-electron chi connectivity index (χ0n) is 15.2. The van der Waals surface area contributed by atoms with Gasteiger partial charge in [-0.2, -0.15) is 37.9 Å². The summed E-state index contributed by atoms with van der Waals surface area (Å²) in [6.45, 7) is 0. The summed E-state index contributed by atoms with van der Waals surface area (Å²) in [6.07, 6.45) is 2.87. The maximum Gasteiger partial charge on any atom is 0.327 e. The molecule has 1 rings (SSSR count). The SMILES string of the molecule is N[C@@H](CS)C(=O)N[C@@H](CS)C(=O)N[C@@H](Cc1cnc[nH]1)C(=O)N[C@@H](CS)C(=O)O. The van der Waals surface area contributed by atoms with Gasteiger partial charge in [0, 0.05) is 35.6 Å². The van der Waals surface area contributed by atoms with Crippen molar-refractivity contribution in [2.75, 3.05) is 17.3 Å².